The Labute approximate surface area is 80.5 Å². The lowest BCUT2D eigenvalue weighted by Crippen LogP contribution is -2.23. The van der Waals surface area contributed by atoms with E-state index in [1.807, 2.05) is 6.92 Å². The molecule has 2 rings (SSSR count). The van der Waals surface area contributed by atoms with E-state index in [2.05, 4.69) is 20.5 Å². The number of fused-ring (bicyclic) bond motifs is 1. The summed E-state index contributed by atoms with van der Waals surface area (Å²) in [6, 6.07) is 1.78. The van der Waals surface area contributed by atoms with Gasteiger partial charge in [-0.3, -0.25) is 14.9 Å². The highest BCUT2D eigenvalue weighted by Crippen LogP contribution is 2.12. The monoisotopic (exact) mass is 190 g/mol. The molecule has 14 heavy (non-hydrogen) atoms. The molecule has 0 aliphatic heterocycles. The Bertz CT molecular complexity index is 463. The molecule has 2 aromatic rings. The van der Waals surface area contributed by atoms with Crippen LogP contribution in [0.4, 0.5) is 0 Å². The van der Waals surface area contributed by atoms with Crippen molar-refractivity contribution in [3.8, 4) is 0 Å². The third kappa shape index (κ3) is 1.32. The van der Waals surface area contributed by atoms with Crippen LogP contribution in [-0.2, 0) is 0 Å². The van der Waals surface area contributed by atoms with E-state index in [4.69, 9.17) is 0 Å². The summed E-state index contributed by atoms with van der Waals surface area (Å²) in [4.78, 5) is 15.4. The van der Waals surface area contributed by atoms with Gasteiger partial charge in [0.15, 0.2) is 5.69 Å². The Morgan fingerprint density at radius 1 is 1.64 bits per heavy atom. The van der Waals surface area contributed by atoms with Gasteiger partial charge in [-0.1, -0.05) is 0 Å². The smallest absolute Gasteiger partial charge is 0.272 e. The van der Waals surface area contributed by atoms with Gasteiger partial charge in [-0.15, -0.1) is 0 Å². The van der Waals surface area contributed by atoms with E-state index in [-0.39, 0.29) is 5.91 Å². The van der Waals surface area contributed by atoms with E-state index in [1.54, 1.807) is 18.5 Å². The van der Waals surface area contributed by atoms with Gasteiger partial charge in [-0.2, -0.15) is 5.10 Å². The first-order valence-corrected chi connectivity index (χ1v) is 4.39. The quantitative estimate of drug-likeness (QED) is 0.732. The summed E-state index contributed by atoms with van der Waals surface area (Å²) in [5.41, 5.74) is 1.22. The molecule has 1 amide bonds. The number of aromatic nitrogens is 3. The molecule has 2 aromatic heterocycles. The molecule has 0 bridgehead atoms. The van der Waals surface area contributed by atoms with Gasteiger partial charge in [0.25, 0.3) is 5.91 Å². The molecule has 5 nitrogen and oxygen atoms in total. The van der Waals surface area contributed by atoms with Gasteiger partial charge >= 0.3 is 0 Å². The highest BCUT2D eigenvalue weighted by atomic mass is 16.1. The molecule has 0 aliphatic rings. The van der Waals surface area contributed by atoms with Gasteiger partial charge in [0, 0.05) is 18.9 Å². The lowest BCUT2D eigenvalue weighted by molar-refractivity contribution is 0.0952. The number of hydrogen-bond donors (Lipinski definition) is 2. The number of pyridine rings is 1. The van der Waals surface area contributed by atoms with Gasteiger partial charge < -0.3 is 5.32 Å². The summed E-state index contributed by atoms with van der Waals surface area (Å²) < 4.78 is 0. The zero-order valence-electron chi connectivity index (χ0n) is 7.74. The minimum Gasteiger partial charge on any atom is -0.351 e. The van der Waals surface area contributed by atoms with Gasteiger partial charge in [-0.05, 0) is 13.0 Å². The number of H-pyrrole nitrogens is 1. The summed E-state index contributed by atoms with van der Waals surface area (Å²) >= 11 is 0. The predicted molar refractivity (Wildman–Crippen MR) is 51.9 cm³/mol. The van der Waals surface area contributed by atoms with Gasteiger partial charge in [0.2, 0.25) is 0 Å². The predicted octanol–water partition coefficient (Wildman–Crippen LogP) is 0.708. The molecular formula is C9H10N4O. The molecule has 0 aliphatic carbocycles. The average Bonchev–Trinajstić information content (AvgIpc) is 2.61. The fourth-order valence-electron chi connectivity index (χ4n) is 1.27. The molecule has 0 aromatic carbocycles. The first-order chi connectivity index (χ1) is 6.83. The number of aromatic amines is 1. The van der Waals surface area contributed by atoms with Crippen molar-refractivity contribution in [2.24, 2.45) is 0 Å². The topological polar surface area (TPSA) is 70.7 Å². The third-order valence-electron chi connectivity index (χ3n) is 1.92. The largest absolute Gasteiger partial charge is 0.351 e. The van der Waals surface area contributed by atoms with Crippen molar-refractivity contribution in [2.75, 3.05) is 6.54 Å². The van der Waals surface area contributed by atoms with E-state index >= 15 is 0 Å². The van der Waals surface area contributed by atoms with E-state index in [0.717, 1.165) is 10.9 Å². The zero-order valence-corrected chi connectivity index (χ0v) is 7.74. The molecule has 0 radical (unpaired) electrons. The third-order valence-corrected chi connectivity index (χ3v) is 1.92. The van der Waals surface area contributed by atoms with Crippen molar-refractivity contribution >= 4 is 16.8 Å². The maximum Gasteiger partial charge on any atom is 0.272 e. The normalized spacial score (nSPS) is 10.4. The molecule has 0 spiro atoms. The Hall–Kier alpha value is -1.91. The van der Waals surface area contributed by atoms with Crippen LogP contribution in [0.15, 0.2) is 18.5 Å². The number of carbonyl (C=O) groups is 1. The summed E-state index contributed by atoms with van der Waals surface area (Å²) in [7, 11) is 0. The van der Waals surface area contributed by atoms with Crippen LogP contribution in [0.2, 0.25) is 0 Å². The summed E-state index contributed by atoms with van der Waals surface area (Å²) in [6.07, 6.45) is 3.28. The maximum atomic E-state index is 11.5. The molecule has 5 heteroatoms. The standard InChI is InChI=1S/C9H10N4O/c1-2-11-9(14)8-6-5-10-4-3-7(6)12-13-8/h3-5H,2H2,1H3,(H,11,14)(H,12,13). The Balaban J connectivity index is 2.47. The summed E-state index contributed by atoms with van der Waals surface area (Å²) in [5, 5.41) is 10.2. The Morgan fingerprint density at radius 2 is 2.50 bits per heavy atom. The van der Waals surface area contributed by atoms with Gasteiger partial charge in [0.1, 0.15) is 0 Å². The van der Waals surface area contributed by atoms with Crippen LogP contribution in [0, 0.1) is 0 Å². The minimum atomic E-state index is -0.174. The van der Waals surface area contributed by atoms with Crippen LogP contribution < -0.4 is 5.32 Å². The van der Waals surface area contributed by atoms with Crippen molar-refractivity contribution < 1.29 is 4.79 Å². The molecule has 2 N–H and O–H groups in total. The van der Waals surface area contributed by atoms with Crippen LogP contribution in [0.5, 0.6) is 0 Å². The van der Waals surface area contributed by atoms with Crippen molar-refractivity contribution in [3.05, 3.63) is 24.2 Å². The van der Waals surface area contributed by atoms with Crippen molar-refractivity contribution in [1.29, 1.82) is 0 Å². The molecule has 72 valence electrons. The lowest BCUT2D eigenvalue weighted by Gasteiger charge is -1.97. The summed E-state index contributed by atoms with van der Waals surface area (Å²) in [6.45, 7) is 2.46. The number of rotatable bonds is 2. The van der Waals surface area contributed by atoms with Crippen molar-refractivity contribution in [1.82, 2.24) is 20.5 Å². The van der Waals surface area contributed by atoms with Crippen molar-refractivity contribution in [3.63, 3.8) is 0 Å². The van der Waals surface area contributed by atoms with E-state index < -0.39 is 0 Å². The van der Waals surface area contributed by atoms with Crippen molar-refractivity contribution in [2.45, 2.75) is 6.92 Å². The van der Waals surface area contributed by atoms with E-state index in [9.17, 15) is 4.79 Å². The first kappa shape index (κ1) is 8.68. The number of carbonyl (C=O) groups excluding carboxylic acids is 1. The molecule has 2 heterocycles. The maximum absolute atomic E-state index is 11.5. The molecule has 0 fully saturated rings. The van der Waals surface area contributed by atoms with Gasteiger partial charge in [-0.25, -0.2) is 0 Å². The second kappa shape index (κ2) is 3.45. The second-order valence-electron chi connectivity index (χ2n) is 2.85. The molecule has 0 saturated heterocycles. The second-order valence-corrected chi connectivity index (χ2v) is 2.85. The van der Waals surface area contributed by atoms with E-state index in [0.29, 0.717) is 12.2 Å². The van der Waals surface area contributed by atoms with Crippen LogP contribution in [0.25, 0.3) is 10.9 Å². The molecule has 0 atom stereocenters. The fraction of sp³-hybridized carbons (Fsp3) is 0.222. The highest BCUT2D eigenvalue weighted by molar-refractivity contribution is 6.04. The number of amides is 1. The molecular weight excluding hydrogens is 180 g/mol. The molecule has 0 unspecified atom stereocenters. The minimum absolute atomic E-state index is 0.174. The average molecular weight is 190 g/mol. The van der Waals surface area contributed by atoms with E-state index in [1.165, 1.54) is 0 Å². The van der Waals surface area contributed by atoms with Crippen LogP contribution >= 0.6 is 0 Å². The van der Waals surface area contributed by atoms with Crippen LogP contribution in [0.3, 0.4) is 0 Å². The zero-order chi connectivity index (χ0) is 9.97. The van der Waals surface area contributed by atoms with Gasteiger partial charge in [0.05, 0.1) is 10.9 Å². The number of nitrogens with zero attached hydrogens (tertiary/aromatic N) is 2. The number of nitrogens with one attached hydrogen (secondary N) is 2. The lowest BCUT2D eigenvalue weighted by atomic mass is 10.2. The number of hydrogen-bond acceptors (Lipinski definition) is 3. The Morgan fingerprint density at radius 3 is 3.29 bits per heavy atom. The highest BCUT2D eigenvalue weighted by Gasteiger charge is 2.12. The van der Waals surface area contributed by atoms with Crippen LogP contribution in [-0.4, -0.2) is 27.6 Å². The first-order valence-electron chi connectivity index (χ1n) is 4.39. The summed E-state index contributed by atoms with van der Waals surface area (Å²) in [5.74, 6) is -0.174. The Kier molecular flexibility index (Phi) is 2.14. The fourth-order valence-corrected chi connectivity index (χ4v) is 1.27. The SMILES string of the molecule is CCNC(=O)c1n[nH]c2ccncc12. The molecule has 0 saturated carbocycles. The van der Waals surface area contributed by atoms with Crippen LogP contribution in [0.1, 0.15) is 17.4 Å².